The van der Waals surface area contributed by atoms with E-state index in [9.17, 15) is 4.79 Å². The molecule has 1 N–H and O–H groups in total. The van der Waals surface area contributed by atoms with Gasteiger partial charge in [-0.1, -0.05) is 23.7 Å². The van der Waals surface area contributed by atoms with Crippen LogP contribution in [-0.4, -0.2) is 99.2 Å². The maximum absolute atomic E-state index is 12.6. The van der Waals surface area contributed by atoms with E-state index >= 15 is 0 Å². The summed E-state index contributed by atoms with van der Waals surface area (Å²) in [5, 5.41) is 4.16. The normalized spacial score (nSPS) is 17.5. The van der Waals surface area contributed by atoms with Crippen molar-refractivity contribution in [1.82, 2.24) is 20.0 Å². The van der Waals surface area contributed by atoms with Gasteiger partial charge in [-0.05, 0) is 30.5 Å². The molecule has 8 heteroatoms. The molecule has 1 heterocycles. The van der Waals surface area contributed by atoms with Gasteiger partial charge in [0, 0.05) is 71.0 Å². The molecule has 1 amide bonds. The summed E-state index contributed by atoms with van der Waals surface area (Å²) in [7, 11) is 3.58. The molecule has 1 aliphatic carbocycles. The molecule has 1 aromatic carbocycles. The van der Waals surface area contributed by atoms with Gasteiger partial charge in [0.1, 0.15) is 0 Å². The Morgan fingerprint density at radius 2 is 1.97 bits per heavy atom. The first kappa shape index (κ1) is 22.8. The second-order valence-electron chi connectivity index (χ2n) is 7.91. The number of hydrogen-bond donors (Lipinski definition) is 1. The second kappa shape index (κ2) is 11.5. The van der Waals surface area contributed by atoms with Gasteiger partial charge in [-0.25, -0.2) is 0 Å². The third kappa shape index (κ3) is 6.86. The fourth-order valence-corrected chi connectivity index (χ4v) is 4.08. The lowest BCUT2D eigenvalue weighted by molar-refractivity contribution is -0.131. The highest BCUT2D eigenvalue weighted by Gasteiger charge is 2.28. The highest BCUT2D eigenvalue weighted by Crippen LogP contribution is 2.26. The lowest BCUT2D eigenvalue weighted by atomic mass is 10.1. The number of amides is 1. The number of nitrogens with zero attached hydrogens (tertiary/aromatic N) is 4. The Labute approximate surface area is 185 Å². The maximum atomic E-state index is 12.6. The number of guanidine groups is 1. The molecule has 1 aromatic rings. The number of ether oxygens (including phenoxy) is 1. The van der Waals surface area contributed by atoms with E-state index in [1.807, 2.05) is 36.2 Å². The van der Waals surface area contributed by atoms with Gasteiger partial charge in [-0.3, -0.25) is 14.7 Å². The van der Waals surface area contributed by atoms with Gasteiger partial charge < -0.3 is 19.9 Å². The fraction of sp³-hybridized carbons (Fsp3) is 0.636. The van der Waals surface area contributed by atoms with E-state index in [2.05, 4.69) is 20.1 Å². The van der Waals surface area contributed by atoms with E-state index in [-0.39, 0.29) is 5.91 Å². The second-order valence-corrected chi connectivity index (χ2v) is 8.34. The summed E-state index contributed by atoms with van der Waals surface area (Å²) in [5.41, 5.74) is 0.959. The van der Waals surface area contributed by atoms with E-state index in [1.165, 1.54) is 12.8 Å². The summed E-state index contributed by atoms with van der Waals surface area (Å²) in [6.45, 7) is 6.61. The third-order valence-electron chi connectivity index (χ3n) is 5.72. The van der Waals surface area contributed by atoms with Crippen LogP contribution in [0.4, 0.5) is 0 Å². The van der Waals surface area contributed by atoms with Crippen LogP contribution in [0, 0.1) is 0 Å². The highest BCUT2D eigenvalue weighted by atomic mass is 35.5. The van der Waals surface area contributed by atoms with Crippen LogP contribution in [0.15, 0.2) is 29.3 Å². The van der Waals surface area contributed by atoms with Crippen LogP contribution in [0.2, 0.25) is 5.02 Å². The Hall–Kier alpha value is -1.83. The number of benzene rings is 1. The SMILES string of the molecule is CN=C(NCCN(CCOC)C1CC1)N1CCN(C(=O)Cc2cccc(Cl)c2)CC1. The van der Waals surface area contributed by atoms with Crippen molar-refractivity contribution in [3.63, 3.8) is 0 Å². The molecule has 166 valence electrons. The zero-order valence-electron chi connectivity index (χ0n) is 18.1. The van der Waals surface area contributed by atoms with Gasteiger partial charge in [0.25, 0.3) is 0 Å². The van der Waals surface area contributed by atoms with Crippen LogP contribution in [0.1, 0.15) is 18.4 Å². The molecule has 0 aromatic heterocycles. The minimum Gasteiger partial charge on any atom is -0.383 e. The number of hydrogen-bond acceptors (Lipinski definition) is 4. The minimum absolute atomic E-state index is 0.151. The molecule has 1 saturated carbocycles. The summed E-state index contributed by atoms with van der Waals surface area (Å²) in [5.74, 6) is 1.07. The Bertz CT molecular complexity index is 717. The van der Waals surface area contributed by atoms with E-state index in [4.69, 9.17) is 16.3 Å². The first-order chi connectivity index (χ1) is 14.6. The first-order valence-electron chi connectivity index (χ1n) is 10.8. The molecular formula is C22H34ClN5O2. The van der Waals surface area contributed by atoms with Gasteiger partial charge in [-0.15, -0.1) is 0 Å². The molecule has 0 bridgehead atoms. The summed E-state index contributed by atoms with van der Waals surface area (Å²) >= 11 is 6.03. The van der Waals surface area contributed by atoms with Crippen molar-refractivity contribution in [3.05, 3.63) is 34.9 Å². The van der Waals surface area contributed by atoms with Crippen LogP contribution >= 0.6 is 11.6 Å². The monoisotopic (exact) mass is 435 g/mol. The topological polar surface area (TPSA) is 60.4 Å². The Morgan fingerprint density at radius 3 is 2.60 bits per heavy atom. The molecule has 2 aliphatic rings. The van der Waals surface area contributed by atoms with Crippen LogP contribution < -0.4 is 5.32 Å². The summed E-state index contributed by atoms with van der Waals surface area (Å²) < 4.78 is 5.23. The van der Waals surface area contributed by atoms with Crippen molar-refractivity contribution >= 4 is 23.5 Å². The maximum Gasteiger partial charge on any atom is 0.227 e. The van der Waals surface area contributed by atoms with Crippen LogP contribution in [-0.2, 0) is 16.0 Å². The quantitative estimate of drug-likeness (QED) is 0.472. The van der Waals surface area contributed by atoms with Gasteiger partial charge in [0.2, 0.25) is 5.91 Å². The van der Waals surface area contributed by atoms with Crippen molar-refractivity contribution < 1.29 is 9.53 Å². The average molecular weight is 436 g/mol. The molecule has 0 spiro atoms. The number of aliphatic imine (C=N–C) groups is 1. The molecule has 2 fully saturated rings. The van der Waals surface area contributed by atoms with Gasteiger partial charge in [0.05, 0.1) is 13.0 Å². The van der Waals surface area contributed by atoms with Gasteiger partial charge in [0.15, 0.2) is 5.96 Å². The molecule has 7 nitrogen and oxygen atoms in total. The number of rotatable bonds is 9. The number of nitrogens with one attached hydrogen (secondary N) is 1. The largest absolute Gasteiger partial charge is 0.383 e. The minimum atomic E-state index is 0.151. The first-order valence-corrected chi connectivity index (χ1v) is 11.2. The highest BCUT2D eigenvalue weighted by molar-refractivity contribution is 6.30. The van der Waals surface area contributed by atoms with E-state index < -0.39 is 0 Å². The average Bonchev–Trinajstić information content (AvgIpc) is 3.59. The summed E-state index contributed by atoms with van der Waals surface area (Å²) in [6.07, 6.45) is 2.99. The van der Waals surface area contributed by atoms with E-state index in [0.717, 1.165) is 56.9 Å². The standard InChI is InChI=1S/C22H34ClN5O2/c1-24-22(25-8-9-26(14-15-30-2)20-6-7-20)28-12-10-27(11-13-28)21(29)17-18-4-3-5-19(23)16-18/h3-5,16,20H,6-15,17H2,1-2H3,(H,24,25). The lowest BCUT2D eigenvalue weighted by Gasteiger charge is -2.36. The molecule has 30 heavy (non-hydrogen) atoms. The molecule has 1 saturated heterocycles. The molecule has 0 unspecified atom stereocenters. The van der Waals surface area contributed by atoms with Crippen LogP contribution in [0.3, 0.4) is 0 Å². The molecule has 1 aliphatic heterocycles. The Morgan fingerprint density at radius 1 is 1.23 bits per heavy atom. The summed E-state index contributed by atoms with van der Waals surface area (Å²) in [6, 6.07) is 8.24. The molecule has 0 radical (unpaired) electrons. The zero-order valence-corrected chi connectivity index (χ0v) is 18.9. The van der Waals surface area contributed by atoms with Gasteiger partial charge >= 0.3 is 0 Å². The molecule has 3 rings (SSSR count). The molecular weight excluding hydrogens is 402 g/mol. The fourth-order valence-electron chi connectivity index (χ4n) is 3.87. The number of halogens is 1. The Balaban J connectivity index is 1.40. The van der Waals surface area contributed by atoms with E-state index in [1.54, 1.807) is 7.11 Å². The predicted octanol–water partition coefficient (Wildman–Crippen LogP) is 1.71. The van der Waals surface area contributed by atoms with E-state index in [0.29, 0.717) is 24.5 Å². The van der Waals surface area contributed by atoms with Crippen molar-refractivity contribution in [1.29, 1.82) is 0 Å². The van der Waals surface area contributed by atoms with Crippen LogP contribution in [0.25, 0.3) is 0 Å². The molecule has 0 atom stereocenters. The Kier molecular flexibility index (Phi) is 8.78. The van der Waals surface area contributed by atoms with Crippen molar-refractivity contribution in [2.75, 3.05) is 66.6 Å². The van der Waals surface area contributed by atoms with Crippen LogP contribution in [0.5, 0.6) is 0 Å². The lowest BCUT2D eigenvalue weighted by Crippen LogP contribution is -2.54. The zero-order chi connectivity index (χ0) is 21.3. The number of piperazine rings is 1. The smallest absolute Gasteiger partial charge is 0.227 e. The summed E-state index contributed by atoms with van der Waals surface area (Å²) in [4.78, 5) is 23.7. The third-order valence-corrected chi connectivity index (χ3v) is 5.95. The number of carbonyl (C=O) groups is 1. The van der Waals surface area contributed by atoms with Gasteiger partial charge in [-0.2, -0.15) is 0 Å². The number of methoxy groups -OCH3 is 1. The van der Waals surface area contributed by atoms with Crippen molar-refractivity contribution in [2.24, 2.45) is 4.99 Å². The van der Waals surface area contributed by atoms with Crippen molar-refractivity contribution in [2.45, 2.75) is 25.3 Å². The van der Waals surface area contributed by atoms with Crippen molar-refractivity contribution in [3.8, 4) is 0 Å². The predicted molar refractivity (Wildman–Crippen MR) is 121 cm³/mol. The number of carbonyl (C=O) groups excluding carboxylic acids is 1.